The summed E-state index contributed by atoms with van der Waals surface area (Å²) in [6.07, 6.45) is 0. The van der Waals surface area contributed by atoms with Crippen molar-refractivity contribution in [1.82, 2.24) is 0 Å². The topological polar surface area (TPSA) is 55.1 Å². The van der Waals surface area contributed by atoms with Crippen molar-refractivity contribution in [2.24, 2.45) is 0 Å². The van der Waals surface area contributed by atoms with Crippen LogP contribution in [0.3, 0.4) is 0 Å². The number of rotatable bonds is 2. The molecule has 2 aromatic carbocycles. The van der Waals surface area contributed by atoms with E-state index in [1.165, 1.54) is 12.1 Å². The third-order valence-corrected chi connectivity index (χ3v) is 2.94. The van der Waals surface area contributed by atoms with Crippen LogP contribution >= 0.6 is 11.6 Å². The number of hydrogen-bond donors (Lipinski definition) is 2. The van der Waals surface area contributed by atoms with Crippen molar-refractivity contribution in [2.45, 2.75) is 6.92 Å². The molecule has 0 atom stereocenters. The molecule has 0 spiro atoms. The van der Waals surface area contributed by atoms with Crippen LogP contribution < -0.4 is 11.1 Å². The Balaban J connectivity index is 2.25. The standard InChI is InChI=1S/C14H12ClFN2O/c1-8-2-4-10(15)7-13(8)18-14(19)9-3-5-11(16)12(17)6-9/h2-7H,17H2,1H3,(H,18,19). The molecule has 0 fully saturated rings. The molecule has 0 aliphatic rings. The highest BCUT2D eigenvalue weighted by Crippen LogP contribution is 2.21. The number of benzene rings is 2. The predicted octanol–water partition coefficient (Wildman–Crippen LogP) is 3.62. The van der Waals surface area contributed by atoms with Gasteiger partial charge >= 0.3 is 0 Å². The molecule has 3 nitrogen and oxygen atoms in total. The highest BCUT2D eigenvalue weighted by molar-refractivity contribution is 6.31. The molecule has 0 heterocycles. The molecule has 0 aliphatic carbocycles. The lowest BCUT2D eigenvalue weighted by Gasteiger charge is -2.09. The van der Waals surface area contributed by atoms with Gasteiger partial charge in [0.2, 0.25) is 0 Å². The van der Waals surface area contributed by atoms with Gasteiger partial charge in [-0.15, -0.1) is 0 Å². The third kappa shape index (κ3) is 3.03. The second-order valence-electron chi connectivity index (χ2n) is 4.15. The van der Waals surface area contributed by atoms with Crippen LogP contribution in [-0.4, -0.2) is 5.91 Å². The van der Waals surface area contributed by atoms with E-state index in [0.29, 0.717) is 16.3 Å². The molecule has 0 radical (unpaired) electrons. The number of anilines is 2. The first-order valence-corrected chi connectivity index (χ1v) is 5.97. The first-order valence-electron chi connectivity index (χ1n) is 5.60. The van der Waals surface area contributed by atoms with E-state index in [0.717, 1.165) is 11.6 Å². The van der Waals surface area contributed by atoms with Gasteiger partial charge in [-0.3, -0.25) is 4.79 Å². The summed E-state index contributed by atoms with van der Waals surface area (Å²) in [6, 6.07) is 9.03. The fourth-order valence-corrected chi connectivity index (χ4v) is 1.78. The van der Waals surface area contributed by atoms with Gasteiger partial charge in [0.1, 0.15) is 5.82 Å². The molecule has 1 amide bonds. The summed E-state index contributed by atoms with van der Waals surface area (Å²) in [5.74, 6) is -0.910. The maximum Gasteiger partial charge on any atom is 0.255 e. The molecule has 19 heavy (non-hydrogen) atoms. The van der Waals surface area contributed by atoms with E-state index in [1.807, 2.05) is 6.92 Å². The van der Waals surface area contributed by atoms with E-state index in [-0.39, 0.29) is 11.6 Å². The van der Waals surface area contributed by atoms with E-state index in [9.17, 15) is 9.18 Å². The maximum absolute atomic E-state index is 13.0. The number of halogens is 2. The van der Waals surface area contributed by atoms with Gasteiger partial charge in [0.15, 0.2) is 0 Å². The van der Waals surface area contributed by atoms with Crippen molar-refractivity contribution in [3.8, 4) is 0 Å². The molecule has 0 unspecified atom stereocenters. The molecule has 0 saturated carbocycles. The minimum Gasteiger partial charge on any atom is -0.396 e. The van der Waals surface area contributed by atoms with E-state index >= 15 is 0 Å². The first-order chi connectivity index (χ1) is 8.97. The van der Waals surface area contributed by atoms with Crippen LogP contribution in [0.1, 0.15) is 15.9 Å². The SMILES string of the molecule is Cc1ccc(Cl)cc1NC(=O)c1ccc(F)c(N)c1. The number of amides is 1. The summed E-state index contributed by atoms with van der Waals surface area (Å²) in [7, 11) is 0. The second-order valence-corrected chi connectivity index (χ2v) is 4.59. The van der Waals surface area contributed by atoms with Crippen LogP contribution in [0, 0.1) is 12.7 Å². The molecule has 0 bridgehead atoms. The van der Waals surface area contributed by atoms with Crippen molar-refractivity contribution in [2.75, 3.05) is 11.1 Å². The molecule has 5 heteroatoms. The monoisotopic (exact) mass is 278 g/mol. The van der Waals surface area contributed by atoms with Gasteiger partial charge in [0.25, 0.3) is 5.91 Å². The zero-order valence-corrected chi connectivity index (χ0v) is 11.0. The van der Waals surface area contributed by atoms with Gasteiger partial charge in [0, 0.05) is 16.3 Å². The summed E-state index contributed by atoms with van der Waals surface area (Å²) in [5.41, 5.74) is 7.15. The zero-order chi connectivity index (χ0) is 14.0. The van der Waals surface area contributed by atoms with Gasteiger partial charge in [-0.05, 0) is 42.8 Å². The Morgan fingerprint density at radius 3 is 2.68 bits per heavy atom. The number of nitrogens with one attached hydrogen (secondary N) is 1. The summed E-state index contributed by atoms with van der Waals surface area (Å²) in [6.45, 7) is 1.85. The zero-order valence-electron chi connectivity index (χ0n) is 10.2. The van der Waals surface area contributed by atoms with E-state index in [2.05, 4.69) is 5.32 Å². The van der Waals surface area contributed by atoms with Gasteiger partial charge in [-0.25, -0.2) is 4.39 Å². The number of hydrogen-bond acceptors (Lipinski definition) is 2. The van der Waals surface area contributed by atoms with Gasteiger partial charge in [-0.2, -0.15) is 0 Å². The molecule has 3 N–H and O–H groups in total. The van der Waals surface area contributed by atoms with Crippen molar-refractivity contribution in [1.29, 1.82) is 0 Å². The van der Waals surface area contributed by atoms with Crippen LogP contribution in [0.15, 0.2) is 36.4 Å². The first kappa shape index (κ1) is 13.4. The van der Waals surface area contributed by atoms with Crippen LogP contribution in [0.25, 0.3) is 0 Å². The van der Waals surface area contributed by atoms with Crippen LogP contribution in [0.2, 0.25) is 5.02 Å². The summed E-state index contributed by atoms with van der Waals surface area (Å²) in [5, 5.41) is 3.24. The van der Waals surface area contributed by atoms with Crippen molar-refractivity contribution < 1.29 is 9.18 Å². The number of carbonyl (C=O) groups excluding carboxylic acids is 1. The van der Waals surface area contributed by atoms with Crippen molar-refractivity contribution >= 4 is 28.9 Å². The number of carbonyl (C=O) groups is 1. The quantitative estimate of drug-likeness (QED) is 0.824. The van der Waals surface area contributed by atoms with E-state index in [1.54, 1.807) is 18.2 Å². The summed E-state index contributed by atoms with van der Waals surface area (Å²) < 4.78 is 13.0. The van der Waals surface area contributed by atoms with Crippen LogP contribution in [-0.2, 0) is 0 Å². The van der Waals surface area contributed by atoms with Gasteiger partial charge in [0.05, 0.1) is 5.69 Å². The molecule has 0 aromatic heterocycles. The van der Waals surface area contributed by atoms with Crippen molar-refractivity contribution in [3.63, 3.8) is 0 Å². The van der Waals surface area contributed by atoms with E-state index < -0.39 is 5.82 Å². The largest absolute Gasteiger partial charge is 0.396 e. The normalized spacial score (nSPS) is 10.3. The fourth-order valence-electron chi connectivity index (χ4n) is 1.61. The Morgan fingerprint density at radius 1 is 1.26 bits per heavy atom. The Hall–Kier alpha value is -2.07. The van der Waals surface area contributed by atoms with Crippen LogP contribution in [0.4, 0.5) is 15.8 Å². The Bertz CT molecular complexity index is 643. The Labute approximate surface area is 115 Å². The third-order valence-electron chi connectivity index (χ3n) is 2.71. The fraction of sp³-hybridized carbons (Fsp3) is 0.0714. The maximum atomic E-state index is 13.0. The smallest absolute Gasteiger partial charge is 0.255 e. The highest BCUT2D eigenvalue weighted by Gasteiger charge is 2.10. The number of nitrogens with two attached hydrogens (primary N) is 1. The minimum atomic E-state index is -0.546. The van der Waals surface area contributed by atoms with E-state index in [4.69, 9.17) is 17.3 Å². The summed E-state index contributed by atoms with van der Waals surface area (Å²) in [4.78, 5) is 12.0. The lowest BCUT2D eigenvalue weighted by molar-refractivity contribution is 0.102. The molecule has 0 aliphatic heterocycles. The van der Waals surface area contributed by atoms with Gasteiger partial charge < -0.3 is 11.1 Å². The molecule has 2 aromatic rings. The summed E-state index contributed by atoms with van der Waals surface area (Å²) >= 11 is 5.87. The van der Waals surface area contributed by atoms with Crippen molar-refractivity contribution in [3.05, 3.63) is 58.4 Å². The highest BCUT2D eigenvalue weighted by atomic mass is 35.5. The molecule has 2 rings (SSSR count). The van der Waals surface area contributed by atoms with Crippen LogP contribution in [0.5, 0.6) is 0 Å². The van der Waals surface area contributed by atoms with Gasteiger partial charge in [-0.1, -0.05) is 17.7 Å². The molecular formula is C14H12ClFN2O. The molecule has 0 saturated heterocycles. The second kappa shape index (κ2) is 5.28. The number of aryl methyl sites for hydroxylation is 1. The molecular weight excluding hydrogens is 267 g/mol. The Kier molecular flexibility index (Phi) is 3.71. The minimum absolute atomic E-state index is 0.0598. The average molecular weight is 279 g/mol. The lowest BCUT2D eigenvalue weighted by atomic mass is 10.1. The Morgan fingerprint density at radius 2 is 2.00 bits per heavy atom. The lowest BCUT2D eigenvalue weighted by Crippen LogP contribution is -2.13. The number of nitrogen functional groups attached to an aromatic ring is 1. The predicted molar refractivity (Wildman–Crippen MR) is 75.0 cm³/mol. The average Bonchev–Trinajstić information content (AvgIpc) is 2.37. The molecule has 98 valence electrons.